The van der Waals surface area contributed by atoms with Crippen LogP contribution in [0.15, 0.2) is 54.6 Å². The number of carbonyl (C=O) groups is 1. The molecule has 0 unspecified atom stereocenters. The van der Waals surface area contributed by atoms with Crippen molar-refractivity contribution in [1.29, 1.82) is 0 Å². The van der Waals surface area contributed by atoms with Gasteiger partial charge in [-0.25, -0.2) is 0 Å². The third-order valence-corrected chi connectivity index (χ3v) is 4.96. The first-order valence-electron chi connectivity index (χ1n) is 9.02. The molecule has 4 aromatic rings. The van der Waals surface area contributed by atoms with E-state index in [-0.39, 0.29) is 5.97 Å². The van der Waals surface area contributed by atoms with Crippen LogP contribution in [0.3, 0.4) is 0 Å². The van der Waals surface area contributed by atoms with E-state index < -0.39 is 0 Å². The summed E-state index contributed by atoms with van der Waals surface area (Å²) in [5.74, 6) is 2.30. The molecule has 0 aliphatic rings. The average molecular weight is 340 g/mol. The predicted octanol–water partition coefficient (Wildman–Crippen LogP) is 5.47. The van der Waals surface area contributed by atoms with Crippen LogP contribution in [0.25, 0.3) is 32.3 Å². The molecule has 0 radical (unpaired) electrons. The second kappa shape index (κ2) is 7.06. The summed E-state index contributed by atoms with van der Waals surface area (Å²) >= 11 is 0. The van der Waals surface area contributed by atoms with Crippen LogP contribution in [0.1, 0.15) is 24.8 Å². The summed E-state index contributed by atoms with van der Waals surface area (Å²) in [6.45, 7) is 0.314. The third kappa shape index (κ3) is 2.97. The SMILES string of the molecule is C#CCCOC(=O)CCCc1ccc2ccc3cccc4ccc1c2c34. The Hall–Kier alpha value is -3.05. The molecule has 2 nitrogen and oxygen atoms in total. The number of esters is 1. The Morgan fingerprint density at radius 1 is 0.923 bits per heavy atom. The topological polar surface area (TPSA) is 26.3 Å². The molecule has 0 N–H and O–H groups in total. The summed E-state index contributed by atoms with van der Waals surface area (Å²) in [6, 6.07) is 19.6. The van der Waals surface area contributed by atoms with Gasteiger partial charge in [0.1, 0.15) is 6.61 Å². The lowest BCUT2D eigenvalue weighted by Gasteiger charge is -2.13. The van der Waals surface area contributed by atoms with Crippen molar-refractivity contribution in [2.75, 3.05) is 6.61 Å². The summed E-state index contributed by atoms with van der Waals surface area (Å²) in [7, 11) is 0. The molecule has 0 atom stereocenters. The summed E-state index contributed by atoms with van der Waals surface area (Å²) < 4.78 is 5.12. The van der Waals surface area contributed by atoms with Crippen molar-refractivity contribution in [3.63, 3.8) is 0 Å². The number of ether oxygens (including phenoxy) is 1. The van der Waals surface area contributed by atoms with Crippen LogP contribution >= 0.6 is 0 Å². The first-order chi connectivity index (χ1) is 12.8. The number of hydrogen-bond acceptors (Lipinski definition) is 2. The maximum Gasteiger partial charge on any atom is 0.305 e. The zero-order valence-electron chi connectivity index (χ0n) is 14.6. The fraction of sp³-hybridized carbons (Fsp3) is 0.208. The molecule has 0 saturated heterocycles. The Balaban J connectivity index is 1.60. The van der Waals surface area contributed by atoms with Crippen LogP contribution in [-0.2, 0) is 16.0 Å². The Labute approximate surface area is 153 Å². The lowest BCUT2D eigenvalue weighted by Crippen LogP contribution is -2.05. The van der Waals surface area contributed by atoms with Crippen molar-refractivity contribution in [2.45, 2.75) is 25.7 Å². The van der Waals surface area contributed by atoms with Gasteiger partial charge < -0.3 is 4.74 Å². The maximum absolute atomic E-state index is 11.8. The second-order valence-electron chi connectivity index (χ2n) is 6.61. The van der Waals surface area contributed by atoms with Crippen molar-refractivity contribution in [3.05, 3.63) is 60.2 Å². The largest absolute Gasteiger partial charge is 0.465 e. The van der Waals surface area contributed by atoms with Gasteiger partial charge in [-0.15, -0.1) is 12.3 Å². The van der Waals surface area contributed by atoms with Crippen LogP contribution in [0.5, 0.6) is 0 Å². The smallest absolute Gasteiger partial charge is 0.305 e. The van der Waals surface area contributed by atoms with E-state index in [1.807, 2.05) is 0 Å². The highest BCUT2D eigenvalue weighted by molar-refractivity contribution is 6.23. The van der Waals surface area contributed by atoms with E-state index >= 15 is 0 Å². The average Bonchev–Trinajstić information content (AvgIpc) is 2.67. The van der Waals surface area contributed by atoms with Crippen LogP contribution in [0.2, 0.25) is 0 Å². The summed E-state index contributed by atoms with van der Waals surface area (Å²) in [5, 5.41) is 7.76. The Bertz CT molecular complexity index is 1100. The van der Waals surface area contributed by atoms with Crippen LogP contribution in [-0.4, -0.2) is 12.6 Å². The Morgan fingerprint density at radius 3 is 2.38 bits per heavy atom. The summed E-state index contributed by atoms with van der Waals surface area (Å²) in [4.78, 5) is 11.8. The van der Waals surface area contributed by atoms with Crippen molar-refractivity contribution in [1.82, 2.24) is 0 Å². The molecule has 0 saturated carbocycles. The molecule has 0 aliphatic carbocycles. The van der Waals surface area contributed by atoms with E-state index in [0.717, 1.165) is 12.8 Å². The summed E-state index contributed by atoms with van der Waals surface area (Å²) in [6.07, 6.45) is 7.70. The van der Waals surface area contributed by atoms with Crippen molar-refractivity contribution in [3.8, 4) is 12.3 Å². The Morgan fingerprint density at radius 2 is 1.62 bits per heavy atom. The van der Waals surface area contributed by atoms with E-state index in [1.165, 1.54) is 37.9 Å². The van der Waals surface area contributed by atoms with Gasteiger partial charge in [0.05, 0.1) is 0 Å². The van der Waals surface area contributed by atoms with Crippen molar-refractivity contribution in [2.24, 2.45) is 0 Å². The van der Waals surface area contributed by atoms with Gasteiger partial charge in [0, 0.05) is 12.8 Å². The second-order valence-corrected chi connectivity index (χ2v) is 6.61. The molecule has 0 heterocycles. The third-order valence-electron chi connectivity index (χ3n) is 4.96. The highest BCUT2D eigenvalue weighted by Gasteiger charge is 2.11. The molecule has 4 aromatic carbocycles. The molecule has 0 aromatic heterocycles. The molecule has 0 bridgehead atoms. The molecule has 0 fully saturated rings. The number of carbonyl (C=O) groups excluding carboxylic acids is 1. The zero-order valence-corrected chi connectivity index (χ0v) is 14.6. The molecule has 2 heteroatoms. The summed E-state index contributed by atoms with van der Waals surface area (Å²) in [5.41, 5.74) is 1.28. The van der Waals surface area contributed by atoms with Gasteiger partial charge in [0.25, 0.3) is 0 Å². The van der Waals surface area contributed by atoms with Gasteiger partial charge in [-0.3, -0.25) is 4.79 Å². The van der Waals surface area contributed by atoms with Gasteiger partial charge in [0.2, 0.25) is 0 Å². The lowest BCUT2D eigenvalue weighted by molar-refractivity contribution is -0.143. The minimum atomic E-state index is -0.169. The molecule has 0 amide bonds. The van der Waals surface area contributed by atoms with E-state index in [4.69, 9.17) is 11.2 Å². The number of terminal acetylenes is 1. The van der Waals surface area contributed by atoms with Crippen LogP contribution in [0, 0.1) is 12.3 Å². The molecule has 4 rings (SSSR count). The molecule has 0 aliphatic heterocycles. The lowest BCUT2D eigenvalue weighted by atomic mass is 9.90. The number of aryl methyl sites for hydroxylation is 1. The molecular weight excluding hydrogens is 320 g/mol. The normalized spacial score (nSPS) is 11.2. The minimum Gasteiger partial charge on any atom is -0.465 e. The quantitative estimate of drug-likeness (QED) is 0.201. The van der Waals surface area contributed by atoms with E-state index in [2.05, 4.69) is 60.5 Å². The molecular formula is C24H20O2. The van der Waals surface area contributed by atoms with E-state index in [0.29, 0.717) is 19.4 Å². The van der Waals surface area contributed by atoms with Gasteiger partial charge in [-0.2, -0.15) is 0 Å². The molecule has 128 valence electrons. The highest BCUT2D eigenvalue weighted by atomic mass is 16.5. The van der Waals surface area contributed by atoms with Gasteiger partial charge in [0.15, 0.2) is 0 Å². The number of rotatable bonds is 6. The first kappa shape index (κ1) is 16.4. The number of hydrogen-bond donors (Lipinski definition) is 0. The standard InChI is InChI=1S/C24H20O2/c1-2-3-16-26-22(25)9-5-6-17-10-11-20-13-12-18-7-4-8-19-14-15-21(17)24(20)23(18)19/h1,4,7-8,10-15H,3,5-6,9,16H2. The Kier molecular flexibility index (Phi) is 4.46. The fourth-order valence-electron chi connectivity index (χ4n) is 3.73. The van der Waals surface area contributed by atoms with Crippen molar-refractivity contribution < 1.29 is 9.53 Å². The predicted molar refractivity (Wildman–Crippen MR) is 107 cm³/mol. The van der Waals surface area contributed by atoms with Crippen molar-refractivity contribution >= 4 is 38.3 Å². The zero-order chi connectivity index (χ0) is 17.9. The van der Waals surface area contributed by atoms with Crippen LogP contribution in [0.4, 0.5) is 0 Å². The van der Waals surface area contributed by atoms with Gasteiger partial charge >= 0.3 is 5.97 Å². The maximum atomic E-state index is 11.8. The van der Waals surface area contributed by atoms with Crippen LogP contribution < -0.4 is 0 Å². The van der Waals surface area contributed by atoms with E-state index in [9.17, 15) is 4.79 Å². The molecule has 26 heavy (non-hydrogen) atoms. The fourth-order valence-corrected chi connectivity index (χ4v) is 3.73. The highest BCUT2D eigenvalue weighted by Crippen LogP contribution is 2.36. The molecule has 0 spiro atoms. The first-order valence-corrected chi connectivity index (χ1v) is 9.02. The van der Waals surface area contributed by atoms with E-state index in [1.54, 1.807) is 0 Å². The monoisotopic (exact) mass is 340 g/mol. The number of benzene rings is 4. The van der Waals surface area contributed by atoms with Gasteiger partial charge in [-0.05, 0) is 50.7 Å². The minimum absolute atomic E-state index is 0.169. The van der Waals surface area contributed by atoms with Gasteiger partial charge in [-0.1, -0.05) is 54.6 Å².